The monoisotopic (exact) mass is 497 g/mol. The van der Waals surface area contributed by atoms with Crippen LogP contribution in [0.3, 0.4) is 0 Å². The van der Waals surface area contributed by atoms with Gasteiger partial charge in [-0.05, 0) is 44.5 Å². The second-order valence-corrected chi connectivity index (χ2v) is 10.1. The van der Waals surface area contributed by atoms with Gasteiger partial charge in [0, 0.05) is 52.1 Å². The lowest BCUT2D eigenvalue weighted by molar-refractivity contribution is -0.133. The zero-order valence-corrected chi connectivity index (χ0v) is 21.1. The predicted octanol–water partition coefficient (Wildman–Crippen LogP) is 2.90. The van der Waals surface area contributed by atoms with Gasteiger partial charge in [0.1, 0.15) is 11.4 Å². The SMILES string of the molecule is CN(C)C(=O)C1CN(c2ncc(N3CC[C@@H](Oc4ccc(C(=O)CCC(C)(C)F)cc4)C3=O)cn2)C1. The van der Waals surface area contributed by atoms with Gasteiger partial charge in [0.15, 0.2) is 11.9 Å². The topological polar surface area (TPSA) is 95.9 Å². The summed E-state index contributed by atoms with van der Waals surface area (Å²) in [5, 5.41) is 0. The number of benzene rings is 1. The van der Waals surface area contributed by atoms with Crippen molar-refractivity contribution in [3.05, 3.63) is 42.2 Å². The lowest BCUT2D eigenvalue weighted by atomic mass is 9.99. The van der Waals surface area contributed by atoms with Gasteiger partial charge < -0.3 is 19.4 Å². The van der Waals surface area contributed by atoms with Crippen molar-refractivity contribution in [2.75, 3.05) is 43.5 Å². The van der Waals surface area contributed by atoms with Gasteiger partial charge in [-0.3, -0.25) is 14.4 Å². The average molecular weight is 498 g/mol. The van der Waals surface area contributed by atoms with Crippen LogP contribution in [0.4, 0.5) is 16.0 Å². The first-order chi connectivity index (χ1) is 17.0. The van der Waals surface area contributed by atoms with Gasteiger partial charge in [0.2, 0.25) is 11.9 Å². The van der Waals surface area contributed by atoms with Crippen molar-refractivity contribution in [2.45, 2.75) is 44.9 Å². The van der Waals surface area contributed by atoms with Crippen molar-refractivity contribution in [1.29, 1.82) is 0 Å². The molecule has 9 nitrogen and oxygen atoms in total. The molecule has 2 saturated heterocycles. The number of Topliss-reactive ketones (excluding diaryl/α,β-unsaturated/α-hetero) is 1. The third-order valence-corrected chi connectivity index (χ3v) is 6.45. The van der Waals surface area contributed by atoms with E-state index in [0.717, 1.165) is 0 Å². The summed E-state index contributed by atoms with van der Waals surface area (Å²) in [7, 11) is 3.49. The Kier molecular flexibility index (Phi) is 7.23. The average Bonchev–Trinajstić information content (AvgIpc) is 3.16. The Balaban J connectivity index is 1.30. The first kappa shape index (κ1) is 25.5. The van der Waals surface area contributed by atoms with Gasteiger partial charge in [-0.25, -0.2) is 14.4 Å². The number of nitrogens with zero attached hydrogens (tertiary/aromatic N) is 5. The summed E-state index contributed by atoms with van der Waals surface area (Å²) in [6, 6.07) is 6.59. The number of alkyl halides is 1. The number of carbonyl (C=O) groups is 3. The molecule has 1 aromatic heterocycles. The van der Waals surface area contributed by atoms with E-state index in [1.807, 2.05) is 4.90 Å². The second kappa shape index (κ2) is 10.2. The molecule has 1 atom stereocenters. The molecule has 2 amide bonds. The number of carbonyl (C=O) groups excluding carboxylic acids is 3. The quantitative estimate of drug-likeness (QED) is 0.492. The van der Waals surface area contributed by atoms with Crippen molar-refractivity contribution in [3.63, 3.8) is 0 Å². The Morgan fingerprint density at radius 3 is 2.36 bits per heavy atom. The zero-order chi connectivity index (χ0) is 26.0. The van der Waals surface area contributed by atoms with E-state index in [9.17, 15) is 18.8 Å². The van der Waals surface area contributed by atoms with Crippen LogP contribution in [0.15, 0.2) is 36.7 Å². The summed E-state index contributed by atoms with van der Waals surface area (Å²) in [6.07, 6.45) is 3.38. The first-order valence-corrected chi connectivity index (χ1v) is 12.1. The number of hydrogen-bond donors (Lipinski definition) is 0. The highest BCUT2D eigenvalue weighted by Crippen LogP contribution is 2.27. The van der Waals surface area contributed by atoms with Crippen LogP contribution >= 0.6 is 0 Å². The van der Waals surface area contributed by atoms with Crippen molar-refractivity contribution >= 4 is 29.2 Å². The second-order valence-electron chi connectivity index (χ2n) is 10.1. The summed E-state index contributed by atoms with van der Waals surface area (Å²) in [5.41, 5.74) is -0.306. The number of ether oxygens (including phenoxy) is 1. The summed E-state index contributed by atoms with van der Waals surface area (Å²) in [5.74, 6) is 0.762. The molecule has 192 valence electrons. The summed E-state index contributed by atoms with van der Waals surface area (Å²) >= 11 is 0. The lowest BCUT2D eigenvalue weighted by Crippen LogP contribution is -2.54. The minimum atomic E-state index is -1.39. The molecule has 2 aliphatic heterocycles. The molecule has 0 N–H and O–H groups in total. The van der Waals surface area contributed by atoms with E-state index in [0.29, 0.717) is 49.0 Å². The third-order valence-electron chi connectivity index (χ3n) is 6.45. The fourth-order valence-corrected chi connectivity index (χ4v) is 4.24. The van der Waals surface area contributed by atoms with Crippen molar-refractivity contribution < 1.29 is 23.5 Å². The molecule has 0 bridgehead atoms. The van der Waals surface area contributed by atoms with E-state index in [1.165, 1.54) is 13.8 Å². The van der Waals surface area contributed by atoms with Crippen LogP contribution in [0, 0.1) is 5.92 Å². The Morgan fingerprint density at radius 2 is 1.78 bits per heavy atom. The normalized spacial score (nSPS) is 18.2. The fraction of sp³-hybridized carbons (Fsp3) is 0.500. The van der Waals surface area contributed by atoms with Gasteiger partial charge in [-0.1, -0.05) is 0 Å². The van der Waals surface area contributed by atoms with Crippen LogP contribution in [-0.4, -0.2) is 78.0 Å². The van der Waals surface area contributed by atoms with Crippen LogP contribution in [0.5, 0.6) is 5.75 Å². The standard InChI is InChI=1S/C26H32FN5O4/c1-26(2,27)11-9-21(33)17-5-7-20(8-6-17)36-22-10-12-32(24(22)35)19-13-28-25(29-14-19)31-15-18(16-31)23(34)30(3)4/h5-8,13-14,18,22H,9-12,15-16H2,1-4H3/t22-/m1/s1. The fourth-order valence-electron chi connectivity index (χ4n) is 4.24. The highest BCUT2D eigenvalue weighted by atomic mass is 19.1. The Morgan fingerprint density at radius 1 is 1.14 bits per heavy atom. The molecular formula is C26H32FN5O4. The minimum absolute atomic E-state index is 0.0455. The maximum Gasteiger partial charge on any atom is 0.268 e. The van der Waals surface area contributed by atoms with Crippen molar-refractivity contribution in [3.8, 4) is 5.75 Å². The summed E-state index contributed by atoms with van der Waals surface area (Å²) < 4.78 is 19.5. The van der Waals surface area contributed by atoms with E-state index in [1.54, 1.807) is 60.6 Å². The largest absolute Gasteiger partial charge is 0.481 e. The highest BCUT2D eigenvalue weighted by molar-refractivity contribution is 5.99. The minimum Gasteiger partial charge on any atom is -0.481 e. The Labute approximate surface area is 210 Å². The maximum absolute atomic E-state index is 13.7. The van der Waals surface area contributed by atoms with E-state index in [4.69, 9.17) is 4.74 Å². The molecule has 0 spiro atoms. The van der Waals surface area contributed by atoms with Gasteiger partial charge in [0.05, 0.1) is 24.0 Å². The number of anilines is 2. The predicted molar refractivity (Wildman–Crippen MR) is 133 cm³/mol. The van der Waals surface area contributed by atoms with Crippen LogP contribution < -0.4 is 14.5 Å². The molecule has 36 heavy (non-hydrogen) atoms. The molecule has 2 aromatic rings. The van der Waals surface area contributed by atoms with Crippen molar-refractivity contribution in [2.24, 2.45) is 5.92 Å². The van der Waals surface area contributed by atoms with Gasteiger partial charge >= 0.3 is 0 Å². The molecule has 1 aromatic carbocycles. The Bertz CT molecular complexity index is 1110. The van der Waals surface area contributed by atoms with Crippen LogP contribution in [-0.2, 0) is 9.59 Å². The number of ketones is 1. The number of rotatable bonds is 9. The van der Waals surface area contributed by atoms with E-state index in [-0.39, 0.29) is 36.4 Å². The molecule has 0 radical (unpaired) electrons. The third kappa shape index (κ3) is 5.80. The van der Waals surface area contributed by atoms with Gasteiger partial charge in [-0.15, -0.1) is 0 Å². The molecule has 0 aliphatic carbocycles. The van der Waals surface area contributed by atoms with E-state index < -0.39 is 11.8 Å². The molecule has 2 aliphatic rings. The summed E-state index contributed by atoms with van der Waals surface area (Å²) in [6.45, 7) is 4.54. The molecule has 3 heterocycles. The van der Waals surface area contributed by atoms with Crippen LogP contribution in [0.2, 0.25) is 0 Å². The zero-order valence-electron chi connectivity index (χ0n) is 21.1. The summed E-state index contributed by atoms with van der Waals surface area (Å²) in [4.78, 5) is 51.1. The van der Waals surface area contributed by atoms with E-state index in [2.05, 4.69) is 9.97 Å². The molecule has 0 unspecified atom stereocenters. The molecule has 10 heteroatoms. The number of halogens is 1. The number of amides is 2. The molecular weight excluding hydrogens is 465 g/mol. The molecule has 0 saturated carbocycles. The van der Waals surface area contributed by atoms with Crippen LogP contribution in [0.1, 0.15) is 43.5 Å². The first-order valence-electron chi connectivity index (χ1n) is 12.1. The van der Waals surface area contributed by atoms with E-state index >= 15 is 0 Å². The number of aromatic nitrogens is 2. The molecule has 2 fully saturated rings. The number of hydrogen-bond acceptors (Lipinski definition) is 7. The van der Waals surface area contributed by atoms with Gasteiger partial charge in [-0.2, -0.15) is 0 Å². The lowest BCUT2D eigenvalue weighted by Gasteiger charge is -2.39. The molecule has 4 rings (SSSR count). The highest BCUT2D eigenvalue weighted by Gasteiger charge is 2.37. The Hall–Kier alpha value is -3.56. The van der Waals surface area contributed by atoms with Gasteiger partial charge in [0.25, 0.3) is 5.91 Å². The van der Waals surface area contributed by atoms with Crippen LogP contribution in [0.25, 0.3) is 0 Å². The smallest absolute Gasteiger partial charge is 0.268 e. The maximum atomic E-state index is 13.7. The van der Waals surface area contributed by atoms with Crippen molar-refractivity contribution in [1.82, 2.24) is 14.9 Å².